The molecule has 0 spiro atoms. The number of non-ortho nitro benzene ring substituents is 1. The van der Waals surface area contributed by atoms with Crippen molar-refractivity contribution in [1.29, 1.82) is 0 Å². The van der Waals surface area contributed by atoms with Gasteiger partial charge in [-0.1, -0.05) is 36.4 Å². The number of benzene rings is 2. The highest BCUT2D eigenvalue weighted by molar-refractivity contribution is 5.91. The first-order valence-corrected chi connectivity index (χ1v) is 6.55. The van der Waals surface area contributed by atoms with Gasteiger partial charge in [0.15, 0.2) is 0 Å². The zero-order valence-corrected chi connectivity index (χ0v) is 11.2. The van der Waals surface area contributed by atoms with E-state index in [1.165, 1.54) is 12.1 Å². The molecule has 0 saturated carbocycles. The molecule has 0 unspecified atom stereocenters. The van der Waals surface area contributed by atoms with E-state index in [1.54, 1.807) is 18.3 Å². The van der Waals surface area contributed by atoms with Crippen LogP contribution in [0.3, 0.4) is 0 Å². The van der Waals surface area contributed by atoms with Gasteiger partial charge in [0.05, 0.1) is 4.92 Å². The van der Waals surface area contributed by atoms with Crippen molar-refractivity contribution in [2.24, 2.45) is 0 Å². The van der Waals surface area contributed by atoms with Crippen LogP contribution in [0.15, 0.2) is 60.8 Å². The van der Waals surface area contributed by atoms with Crippen LogP contribution in [0, 0.1) is 10.1 Å². The van der Waals surface area contributed by atoms with Gasteiger partial charge in [0, 0.05) is 30.3 Å². The smallest absolute Gasteiger partial charge is 0.269 e. The third kappa shape index (κ3) is 2.81. The summed E-state index contributed by atoms with van der Waals surface area (Å²) in [7, 11) is 0. The van der Waals surface area contributed by atoms with Crippen molar-refractivity contribution in [2.45, 2.75) is 6.54 Å². The summed E-state index contributed by atoms with van der Waals surface area (Å²) in [6.45, 7) is 0.568. The minimum absolute atomic E-state index is 0.0991. The third-order valence-corrected chi connectivity index (χ3v) is 3.28. The number of nitro groups is 1. The molecule has 0 amide bonds. The number of hydrogen-bond donors (Lipinski definition) is 1. The maximum absolute atomic E-state index is 10.6. The van der Waals surface area contributed by atoms with E-state index in [4.69, 9.17) is 0 Å². The molecule has 0 fully saturated rings. The summed E-state index contributed by atoms with van der Waals surface area (Å²) >= 11 is 0. The van der Waals surface area contributed by atoms with Crippen LogP contribution >= 0.6 is 0 Å². The zero-order chi connectivity index (χ0) is 14.7. The van der Waals surface area contributed by atoms with Crippen LogP contribution in [0.1, 0.15) is 5.56 Å². The molecule has 0 bridgehead atoms. The fraction of sp³-hybridized carbons (Fsp3) is 0.0625. The fourth-order valence-corrected chi connectivity index (χ4v) is 2.18. The van der Waals surface area contributed by atoms with E-state index in [2.05, 4.69) is 10.3 Å². The lowest BCUT2D eigenvalue weighted by Gasteiger charge is -2.08. The van der Waals surface area contributed by atoms with Crippen molar-refractivity contribution in [3.05, 3.63) is 76.5 Å². The topological polar surface area (TPSA) is 68.1 Å². The van der Waals surface area contributed by atoms with Crippen molar-refractivity contribution in [1.82, 2.24) is 4.98 Å². The Morgan fingerprint density at radius 3 is 2.57 bits per heavy atom. The molecule has 1 heterocycles. The summed E-state index contributed by atoms with van der Waals surface area (Å²) in [6, 6.07) is 16.5. The largest absolute Gasteiger partial charge is 0.365 e. The summed E-state index contributed by atoms with van der Waals surface area (Å²) in [5.41, 5.74) is 1.07. The minimum atomic E-state index is -0.399. The Morgan fingerprint density at radius 1 is 1.05 bits per heavy atom. The summed E-state index contributed by atoms with van der Waals surface area (Å²) < 4.78 is 0. The van der Waals surface area contributed by atoms with Gasteiger partial charge < -0.3 is 5.32 Å². The Hall–Kier alpha value is -2.95. The van der Waals surface area contributed by atoms with Crippen LogP contribution in [0.25, 0.3) is 10.8 Å². The molecular weight excluding hydrogens is 266 g/mol. The summed E-state index contributed by atoms with van der Waals surface area (Å²) in [5, 5.41) is 16.1. The molecule has 21 heavy (non-hydrogen) atoms. The lowest BCUT2D eigenvalue weighted by molar-refractivity contribution is -0.384. The molecule has 5 nitrogen and oxygen atoms in total. The van der Waals surface area contributed by atoms with E-state index in [-0.39, 0.29) is 5.69 Å². The van der Waals surface area contributed by atoms with Gasteiger partial charge in [-0.05, 0) is 17.0 Å². The molecule has 2 aromatic carbocycles. The number of hydrogen-bond acceptors (Lipinski definition) is 4. The minimum Gasteiger partial charge on any atom is -0.365 e. The first-order valence-electron chi connectivity index (χ1n) is 6.55. The Balaban J connectivity index is 1.79. The molecule has 0 atom stereocenters. The Labute approximate surface area is 121 Å². The van der Waals surface area contributed by atoms with Crippen LogP contribution in [0.4, 0.5) is 11.5 Å². The number of aromatic nitrogens is 1. The predicted octanol–water partition coefficient (Wildman–Crippen LogP) is 3.76. The molecule has 1 N–H and O–H groups in total. The van der Waals surface area contributed by atoms with Crippen molar-refractivity contribution in [2.75, 3.05) is 5.32 Å². The first kappa shape index (κ1) is 13.1. The van der Waals surface area contributed by atoms with Crippen LogP contribution in [0.5, 0.6) is 0 Å². The van der Waals surface area contributed by atoms with Gasteiger partial charge in [-0.3, -0.25) is 10.1 Å². The lowest BCUT2D eigenvalue weighted by atomic mass is 10.1. The summed E-state index contributed by atoms with van der Waals surface area (Å²) in [4.78, 5) is 14.6. The molecule has 0 aliphatic carbocycles. The van der Waals surface area contributed by atoms with Gasteiger partial charge in [0.25, 0.3) is 5.69 Å². The van der Waals surface area contributed by atoms with Crippen LogP contribution in [0.2, 0.25) is 0 Å². The number of rotatable bonds is 4. The molecule has 0 saturated heterocycles. The van der Waals surface area contributed by atoms with Gasteiger partial charge in [-0.2, -0.15) is 0 Å². The Morgan fingerprint density at radius 2 is 1.81 bits per heavy atom. The molecule has 1 aromatic heterocycles. The van der Waals surface area contributed by atoms with Gasteiger partial charge in [0.2, 0.25) is 0 Å². The summed E-state index contributed by atoms with van der Waals surface area (Å²) in [6.07, 6.45) is 1.76. The number of nitro benzene ring substituents is 1. The van der Waals surface area contributed by atoms with Crippen LogP contribution in [-0.4, -0.2) is 9.91 Å². The van der Waals surface area contributed by atoms with Crippen molar-refractivity contribution in [3.8, 4) is 0 Å². The van der Waals surface area contributed by atoms with E-state index in [0.29, 0.717) is 6.54 Å². The highest BCUT2D eigenvalue weighted by Crippen LogP contribution is 2.21. The van der Waals surface area contributed by atoms with E-state index in [0.717, 1.165) is 22.2 Å². The van der Waals surface area contributed by atoms with Gasteiger partial charge >= 0.3 is 0 Å². The van der Waals surface area contributed by atoms with Crippen molar-refractivity contribution in [3.63, 3.8) is 0 Å². The molecule has 0 aliphatic heterocycles. The molecule has 0 aliphatic rings. The van der Waals surface area contributed by atoms with E-state index < -0.39 is 4.92 Å². The molecular formula is C16H13N3O2. The fourth-order valence-electron chi connectivity index (χ4n) is 2.18. The van der Waals surface area contributed by atoms with Crippen molar-refractivity contribution >= 4 is 22.3 Å². The predicted molar refractivity (Wildman–Crippen MR) is 82.2 cm³/mol. The van der Waals surface area contributed by atoms with Gasteiger partial charge in [-0.25, -0.2) is 4.98 Å². The molecule has 3 rings (SSSR count). The van der Waals surface area contributed by atoms with Gasteiger partial charge in [-0.15, -0.1) is 0 Å². The van der Waals surface area contributed by atoms with Crippen LogP contribution < -0.4 is 5.32 Å². The monoisotopic (exact) mass is 279 g/mol. The first-order chi connectivity index (χ1) is 10.2. The van der Waals surface area contributed by atoms with Gasteiger partial charge in [0.1, 0.15) is 5.82 Å². The molecule has 5 heteroatoms. The quantitative estimate of drug-likeness (QED) is 0.583. The van der Waals surface area contributed by atoms with E-state index in [9.17, 15) is 10.1 Å². The number of fused-ring (bicyclic) bond motifs is 1. The standard InChI is InChI=1S/C16H13N3O2/c20-19(21)14-7-5-12(6-8-14)11-18-16-15-4-2-1-3-13(15)9-10-17-16/h1-10H,11H2,(H,17,18). The highest BCUT2D eigenvalue weighted by atomic mass is 16.6. The third-order valence-electron chi connectivity index (χ3n) is 3.28. The number of nitrogens with one attached hydrogen (secondary N) is 1. The second kappa shape index (κ2) is 5.58. The number of pyridine rings is 1. The zero-order valence-electron chi connectivity index (χ0n) is 11.2. The highest BCUT2D eigenvalue weighted by Gasteiger charge is 2.05. The van der Waals surface area contributed by atoms with Crippen molar-refractivity contribution < 1.29 is 4.92 Å². The number of nitrogens with zero attached hydrogens (tertiary/aromatic N) is 2. The second-order valence-corrected chi connectivity index (χ2v) is 4.66. The molecule has 3 aromatic rings. The second-order valence-electron chi connectivity index (χ2n) is 4.66. The van der Waals surface area contributed by atoms with E-state index >= 15 is 0 Å². The summed E-state index contributed by atoms with van der Waals surface area (Å²) in [5.74, 6) is 0.812. The molecule has 0 radical (unpaired) electrons. The average molecular weight is 279 g/mol. The normalized spacial score (nSPS) is 10.5. The SMILES string of the molecule is O=[N+]([O-])c1ccc(CNc2nccc3ccccc23)cc1. The maximum Gasteiger partial charge on any atom is 0.269 e. The van der Waals surface area contributed by atoms with E-state index in [1.807, 2.05) is 30.3 Å². The number of anilines is 1. The Bertz CT molecular complexity index is 780. The maximum atomic E-state index is 10.6. The van der Waals surface area contributed by atoms with Crippen LogP contribution in [-0.2, 0) is 6.54 Å². The Kier molecular flexibility index (Phi) is 3.47. The lowest BCUT2D eigenvalue weighted by Crippen LogP contribution is -2.02. The molecule has 104 valence electrons. The average Bonchev–Trinajstić information content (AvgIpc) is 2.53.